The highest BCUT2D eigenvalue weighted by molar-refractivity contribution is 5.84. The Morgan fingerprint density at radius 3 is 2.44 bits per heavy atom. The number of rotatable bonds is 5. The van der Waals surface area contributed by atoms with Crippen LogP contribution in [0.5, 0.6) is 0 Å². The molecule has 6 heteroatoms. The summed E-state index contributed by atoms with van der Waals surface area (Å²) in [5.74, 6) is -0.201. The van der Waals surface area contributed by atoms with Gasteiger partial charge >= 0.3 is 6.18 Å². The molecule has 0 aromatic heterocycles. The second-order valence-corrected chi connectivity index (χ2v) is 4.85. The number of halogens is 3. The van der Waals surface area contributed by atoms with Gasteiger partial charge in [0.15, 0.2) is 0 Å². The molecule has 0 aliphatic carbocycles. The first kappa shape index (κ1) is 15.3. The van der Waals surface area contributed by atoms with E-state index in [4.69, 9.17) is 0 Å². The van der Waals surface area contributed by atoms with Gasteiger partial charge in [0.25, 0.3) is 0 Å². The molecule has 3 atom stereocenters. The van der Waals surface area contributed by atoms with E-state index in [2.05, 4.69) is 5.32 Å². The molecule has 0 radical (unpaired) electrons. The fourth-order valence-electron chi connectivity index (χ4n) is 2.46. The Hall–Kier alpha value is -0.780. The lowest BCUT2D eigenvalue weighted by molar-refractivity contribution is -0.153. The Balaban J connectivity index is 2.78. The molecule has 18 heavy (non-hydrogen) atoms. The Labute approximate surface area is 106 Å². The molecule has 3 unspecified atom stereocenters. The van der Waals surface area contributed by atoms with Gasteiger partial charge in [-0.15, -0.1) is 0 Å². The largest absolute Gasteiger partial charge is 0.391 e. The van der Waals surface area contributed by atoms with Crippen LogP contribution in [0.25, 0.3) is 0 Å². The minimum atomic E-state index is -4.24. The number of hydrogen-bond donors (Lipinski definition) is 1. The molecule has 0 spiro atoms. The maximum atomic E-state index is 12.4. The van der Waals surface area contributed by atoms with Crippen LogP contribution in [0.3, 0.4) is 0 Å². The lowest BCUT2D eigenvalue weighted by Crippen LogP contribution is -2.45. The predicted octanol–water partition coefficient (Wildman–Crippen LogP) is 2.66. The maximum Gasteiger partial charge on any atom is 0.391 e. The van der Waals surface area contributed by atoms with Crippen molar-refractivity contribution >= 4 is 5.91 Å². The van der Waals surface area contributed by atoms with Gasteiger partial charge in [-0.05, 0) is 19.8 Å². The van der Waals surface area contributed by atoms with Gasteiger partial charge in [-0.1, -0.05) is 20.3 Å². The third kappa shape index (κ3) is 3.60. The molecule has 3 nitrogen and oxygen atoms in total. The number of amides is 1. The number of nitrogens with zero attached hydrogens (tertiary/aromatic N) is 1. The van der Waals surface area contributed by atoms with Crippen LogP contribution in [0.15, 0.2) is 0 Å². The summed E-state index contributed by atoms with van der Waals surface area (Å²) in [6, 6.07) is -1.14. The average molecular weight is 266 g/mol. The molecule has 1 fully saturated rings. The van der Waals surface area contributed by atoms with Gasteiger partial charge in [0, 0.05) is 6.04 Å². The summed E-state index contributed by atoms with van der Waals surface area (Å²) in [5.41, 5.74) is 0. The van der Waals surface area contributed by atoms with Gasteiger partial charge in [0.1, 0.15) is 0 Å². The standard InChI is InChI=1S/C12H21F3N2O/c1-4-6-10-16-9(5-2)11(18)17(10)8(3)7-12(13,14)15/h8-10,16H,4-7H2,1-3H3. The van der Waals surface area contributed by atoms with Gasteiger partial charge in [-0.3, -0.25) is 10.1 Å². The van der Waals surface area contributed by atoms with E-state index in [0.717, 1.165) is 6.42 Å². The fraction of sp³-hybridized carbons (Fsp3) is 0.917. The smallest absolute Gasteiger partial charge is 0.323 e. The van der Waals surface area contributed by atoms with Crippen molar-refractivity contribution in [2.24, 2.45) is 0 Å². The highest BCUT2D eigenvalue weighted by Gasteiger charge is 2.43. The van der Waals surface area contributed by atoms with Crippen molar-refractivity contribution in [3.63, 3.8) is 0 Å². The topological polar surface area (TPSA) is 32.3 Å². The maximum absolute atomic E-state index is 12.4. The van der Waals surface area contributed by atoms with Crippen molar-refractivity contribution < 1.29 is 18.0 Å². The summed E-state index contributed by atoms with van der Waals surface area (Å²) in [6.07, 6.45) is -3.32. The van der Waals surface area contributed by atoms with E-state index in [9.17, 15) is 18.0 Å². The van der Waals surface area contributed by atoms with Crippen LogP contribution >= 0.6 is 0 Å². The van der Waals surface area contributed by atoms with Gasteiger partial charge in [0.05, 0.1) is 18.6 Å². The van der Waals surface area contributed by atoms with Crippen molar-refractivity contribution in [1.29, 1.82) is 0 Å². The summed E-state index contributed by atoms with van der Waals surface area (Å²) >= 11 is 0. The molecule has 0 aromatic carbocycles. The van der Waals surface area contributed by atoms with Crippen molar-refractivity contribution in [2.45, 2.75) is 70.9 Å². The first-order valence-electron chi connectivity index (χ1n) is 6.45. The van der Waals surface area contributed by atoms with E-state index in [-0.39, 0.29) is 18.1 Å². The van der Waals surface area contributed by atoms with Gasteiger partial charge in [-0.2, -0.15) is 13.2 Å². The number of hydrogen-bond acceptors (Lipinski definition) is 2. The quantitative estimate of drug-likeness (QED) is 0.829. The van der Waals surface area contributed by atoms with Gasteiger partial charge < -0.3 is 4.90 Å². The molecule has 0 aromatic rings. The minimum absolute atomic E-state index is 0.201. The highest BCUT2D eigenvalue weighted by Crippen LogP contribution is 2.28. The van der Waals surface area contributed by atoms with E-state index < -0.39 is 18.6 Å². The number of alkyl halides is 3. The zero-order valence-corrected chi connectivity index (χ0v) is 11.0. The van der Waals surface area contributed by atoms with Crippen LogP contribution < -0.4 is 5.32 Å². The normalized spacial score (nSPS) is 26.8. The first-order valence-corrected chi connectivity index (χ1v) is 6.45. The van der Waals surface area contributed by atoms with Crippen LogP contribution in [-0.2, 0) is 4.79 Å². The van der Waals surface area contributed by atoms with E-state index in [0.29, 0.717) is 12.8 Å². The molecule has 1 aliphatic rings. The van der Waals surface area contributed by atoms with Gasteiger partial charge in [0.2, 0.25) is 5.91 Å². The summed E-state index contributed by atoms with van der Waals surface area (Å²) in [6.45, 7) is 5.28. The van der Waals surface area contributed by atoms with E-state index >= 15 is 0 Å². The second kappa shape index (κ2) is 5.91. The SMILES string of the molecule is CCCC1NC(CC)C(=O)N1C(C)CC(F)(F)F. The van der Waals surface area contributed by atoms with E-state index in [1.165, 1.54) is 11.8 Å². The van der Waals surface area contributed by atoms with Crippen LogP contribution in [0.1, 0.15) is 46.5 Å². The fourth-order valence-corrected chi connectivity index (χ4v) is 2.46. The van der Waals surface area contributed by atoms with Gasteiger partial charge in [-0.25, -0.2) is 0 Å². The molecule has 1 heterocycles. The van der Waals surface area contributed by atoms with E-state index in [1.807, 2.05) is 13.8 Å². The third-order valence-electron chi connectivity index (χ3n) is 3.25. The molecule has 0 saturated carbocycles. The van der Waals surface area contributed by atoms with Crippen LogP contribution in [-0.4, -0.2) is 35.2 Å². The monoisotopic (exact) mass is 266 g/mol. The second-order valence-electron chi connectivity index (χ2n) is 4.85. The number of carbonyl (C=O) groups excluding carboxylic acids is 1. The highest BCUT2D eigenvalue weighted by atomic mass is 19.4. The Kier molecular flexibility index (Phi) is 5.01. The Morgan fingerprint density at radius 2 is 2.00 bits per heavy atom. The average Bonchev–Trinajstić information content (AvgIpc) is 2.53. The molecular formula is C12H21F3N2O. The Morgan fingerprint density at radius 1 is 1.39 bits per heavy atom. The Bertz CT molecular complexity index is 294. The molecule has 106 valence electrons. The lowest BCUT2D eigenvalue weighted by atomic mass is 10.1. The van der Waals surface area contributed by atoms with Crippen molar-refractivity contribution in [1.82, 2.24) is 10.2 Å². The molecule has 1 saturated heterocycles. The summed E-state index contributed by atoms with van der Waals surface area (Å²) in [4.78, 5) is 13.4. The summed E-state index contributed by atoms with van der Waals surface area (Å²) < 4.78 is 37.3. The molecular weight excluding hydrogens is 245 g/mol. The molecule has 1 amide bonds. The lowest BCUT2D eigenvalue weighted by Gasteiger charge is -2.30. The van der Waals surface area contributed by atoms with Crippen molar-refractivity contribution in [2.75, 3.05) is 0 Å². The summed E-state index contributed by atoms with van der Waals surface area (Å²) in [7, 11) is 0. The molecule has 1 aliphatic heterocycles. The van der Waals surface area contributed by atoms with Crippen LogP contribution in [0.4, 0.5) is 13.2 Å². The number of carbonyl (C=O) groups is 1. The minimum Gasteiger partial charge on any atom is -0.323 e. The molecule has 1 rings (SSSR count). The van der Waals surface area contributed by atoms with E-state index in [1.54, 1.807) is 0 Å². The third-order valence-corrected chi connectivity index (χ3v) is 3.25. The zero-order valence-electron chi connectivity index (χ0n) is 11.0. The van der Waals surface area contributed by atoms with Crippen molar-refractivity contribution in [3.05, 3.63) is 0 Å². The van der Waals surface area contributed by atoms with Crippen LogP contribution in [0, 0.1) is 0 Å². The first-order chi connectivity index (χ1) is 8.30. The van der Waals surface area contributed by atoms with Crippen LogP contribution in [0.2, 0.25) is 0 Å². The molecule has 0 bridgehead atoms. The zero-order chi connectivity index (χ0) is 13.9. The van der Waals surface area contributed by atoms with Crippen molar-refractivity contribution in [3.8, 4) is 0 Å². The predicted molar refractivity (Wildman–Crippen MR) is 62.9 cm³/mol. The number of nitrogens with one attached hydrogen (secondary N) is 1. The summed E-state index contributed by atoms with van der Waals surface area (Å²) in [5, 5.41) is 3.12. The molecule has 1 N–H and O–H groups in total.